The van der Waals surface area contributed by atoms with E-state index in [4.69, 9.17) is 0 Å². The lowest BCUT2D eigenvalue weighted by atomic mass is 9.96. The van der Waals surface area contributed by atoms with E-state index < -0.39 is 11.4 Å². The van der Waals surface area contributed by atoms with Crippen molar-refractivity contribution in [3.05, 3.63) is 23.8 Å². The first kappa shape index (κ1) is 11.0. The number of benzene rings is 1. The molecule has 0 saturated heterocycles. The standard InChI is InChI=1S/C13H15NO2S/c15-12(16)13(3-4-13)8-9-1-2-10-11(7-9)17-6-5-14-10/h1-2,7,14H,3-6,8H2,(H,15,16). The lowest BCUT2D eigenvalue weighted by molar-refractivity contribution is -0.143. The number of thioether (sulfide) groups is 1. The summed E-state index contributed by atoms with van der Waals surface area (Å²) >= 11 is 1.85. The SMILES string of the molecule is O=C(O)C1(Cc2ccc3c(c2)SCCN3)CC1. The average Bonchev–Trinajstić information content (AvgIpc) is 3.10. The van der Waals surface area contributed by atoms with Gasteiger partial charge in [0.05, 0.1) is 5.41 Å². The van der Waals surface area contributed by atoms with Crippen LogP contribution in [0.1, 0.15) is 18.4 Å². The zero-order chi connectivity index (χ0) is 11.9. The van der Waals surface area contributed by atoms with Crippen molar-refractivity contribution in [1.29, 1.82) is 0 Å². The van der Waals surface area contributed by atoms with Crippen molar-refractivity contribution in [3.8, 4) is 0 Å². The molecule has 3 rings (SSSR count). The van der Waals surface area contributed by atoms with E-state index >= 15 is 0 Å². The third-order valence-corrected chi connectivity index (χ3v) is 4.63. The number of hydrogen-bond acceptors (Lipinski definition) is 3. The molecule has 90 valence electrons. The summed E-state index contributed by atoms with van der Waals surface area (Å²) in [6, 6.07) is 6.28. The van der Waals surface area contributed by atoms with Crippen LogP contribution < -0.4 is 5.32 Å². The van der Waals surface area contributed by atoms with Crippen molar-refractivity contribution in [2.75, 3.05) is 17.6 Å². The summed E-state index contributed by atoms with van der Waals surface area (Å²) in [7, 11) is 0. The Morgan fingerprint density at radius 1 is 1.47 bits per heavy atom. The number of carboxylic acids is 1. The van der Waals surface area contributed by atoms with Crippen LogP contribution in [0.15, 0.2) is 23.1 Å². The van der Waals surface area contributed by atoms with Crippen LogP contribution in [0.2, 0.25) is 0 Å². The van der Waals surface area contributed by atoms with Gasteiger partial charge >= 0.3 is 5.97 Å². The molecule has 0 radical (unpaired) electrons. The van der Waals surface area contributed by atoms with Crippen LogP contribution in [-0.2, 0) is 11.2 Å². The molecular formula is C13H15NO2S. The molecule has 0 unspecified atom stereocenters. The summed E-state index contributed by atoms with van der Waals surface area (Å²) in [6.07, 6.45) is 2.33. The van der Waals surface area contributed by atoms with Gasteiger partial charge in [0.15, 0.2) is 0 Å². The van der Waals surface area contributed by atoms with E-state index in [1.54, 1.807) is 0 Å². The number of anilines is 1. The highest BCUT2D eigenvalue weighted by molar-refractivity contribution is 7.99. The van der Waals surface area contributed by atoms with E-state index in [1.165, 1.54) is 10.6 Å². The molecule has 4 heteroatoms. The largest absolute Gasteiger partial charge is 0.481 e. The molecule has 1 aromatic carbocycles. The van der Waals surface area contributed by atoms with Gasteiger partial charge in [-0.25, -0.2) is 0 Å². The van der Waals surface area contributed by atoms with Crippen LogP contribution in [0.5, 0.6) is 0 Å². The summed E-state index contributed by atoms with van der Waals surface area (Å²) in [5.74, 6) is 0.446. The molecule has 1 saturated carbocycles. The molecule has 17 heavy (non-hydrogen) atoms. The van der Waals surface area contributed by atoms with E-state index in [9.17, 15) is 9.90 Å². The minimum Gasteiger partial charge on any atom is -0.481 e. The molecule has 2 aliphatic rings. The first-order chi connectivity index (χ1) is 8.20. The summed E-state index contributed by atoms with van der Waals surface area (Å²) in [6.45, 7) is 1.01. The van der Waals surface area contributed by atoms with Crippen LogP contribution in [0.4, 0.5) is 5.69 Å². The Balaban J connectivity index is 1.82. The zero-order valence-electron chi connectivity index (χ0n) is 9.53. The van der Waals surface area contributed by atoms with Gasteiger partial charge in [0.1, 0.15) is 0 Å². The molecule has 0 aromatic heterocycles. The smallest absolute Gasteiger partial charge is 0.309 e. The second kappa shape index (κ2) is 3.95. The zero-order valence-corrected chi connectivity index (χ0v) is 10.3. The number of carboxylic acid groups (broad SMARTS) is 1. The lowest BCUT2D eigenvalue weighted by Crippen LogP contribution is -2.18. The van der Waals surface area contributed by atoms with Gasteiger partial charge < -0.3 is 10.4 Å². The molecular weight excluding hydrogens is 234 g/mol. The van der Waals surface area contributed by atoms with E-state index in [-0.39, 0.29) is 0 Å². The average molecular weight is 249 g/mol. The van der Waals surface area contributed by atoms with Crippen molar-refractivity contribution >= 4 is 23.4 Å². The Hall–Kier alpha value is -1.16. The molecule has 2 N–H and O–H groups in total. The first-order valence-corrected chi connectivity index (χ1v) is 6.91. The van der Waals surface area contributed by atoms with Crippen molar-refractivity contribution in [3.63, 3.8) is 0 Å². The quantitative estimate of drug-likeness (QED) is 0.864. The molecule has 3 nitrogen and oxygen atoms in total. The Bertz CT molecular complexity index is 468. The predicted molar refractivity (Wildman–Crippen MR) is 68.7 cm³/mol. The summed E-state index contributed by atoms with van der Waals surface area (Å²) < 4.78 is 0. The van der Waals surface area contributed by atoms with Crippen molar-refractivity contribution in [2.45, 2.75) is 24.2 Å². The van der Waals surface area contributed by atoms with Crippen LogP contribution >= 0.6 is 11.8 Å². The van der Waals surface area contributed by atoms with Crippen LogP contribution in [0.25, 0.3) is 0 Å². The van der Waals surface area contributed by atoms with Crippen LogP contribution in [0, 0.1) is 5.41 Å². The van der Waals surface area contributed by atoms with E-state index in [0.29, 0.717) is 6.42 Å². The third kappa shape index (κ3) is 2.02. The topological polar surface area (TPSA) is 49.3 Å². The summed E-state index contributed by atoms with van der Waals surface area (Å²) in [5.41, 5.74) is 1.88. The minimum absolute atomic E-state index is 0.457. The molecule has 1 aliphatic carbocycles. The van der Waals surface area contributed by atoms with Gasteiger partial charge in [0, 0.05) is 22.9 Å². The Morgan fingerprint density at radius 2 is 2.29 bits per heavy atom. The van der Waals surface area contributed by atoms with Crippen molar-refractivity contribution < 1.29 is 9.90 Å². The van der Waals surface area contributed by atoms with Crippen LogP contribution in [-0.4, -0.2) is 23.4 Å². The fraction of sp³-hybridized carbons (Fsp3) is 0.462. The first-order valence-electron chi connectivity index (χ1n) is 5.93. The molecule has 1 aromatic rings. The summed E-state index contributed by atoms with van der Waals surface area (Å²) in [5, 5.41) is 12.5. The second-order valence-corrected chi connectivity index (χ2v) is 6.00. The second-order valence-electron chi connectivity index (χ2n) is 4.87. The predicted octanol–water partition coefficient (Wildman–Crippen LogP) is 2.61. The van der Waals surface area contributed by atoms with Gasteiger partial charge in [-0.15, -0.1) is 11.8 Å². The number of nitrogens with one attached hydrogen (secondary N) is 1. The molecule has 1 aliphatic heterocycles. The number of hydrogen-bond donors (Lipinski definition) is 2. The highest BCUT2D eigenvalue weighted by Gasteiger charge is 2.49. The highest BCUT2D eigenvalue weighted by Crippen LogP contribution is 2.49. The van der Waals surface area contributed by atoms with Gasteiger partial charge in [0.25, 0.3) is 0 Å². The fourth-order valence-corrected chi connectivity index (χ4v) is 3.25. The summed E-state index contributed by atoms with van der Waals surface area (Å²) in [4.78, 5) is 12.4. The third-order valence-electron chi connectivity index (χ3n) is 3.57. The minimum atomic E-state index is -0.638. The fourth-order valence-electron chi connectivity index (χ4n) is 2.30. The van der Waals surface area contributed by atoms with Gasteiger partial charge in [-0.2, -0.15) is 0 Å². The number of rotatable bonds is 3. The Kier molecular flexibility index (Phi) is 2.54. The van der Waals surface area contributed by atoms with Gasteiger partial charge in [-0.3, -0.25) is 4.79 Å². The van der Waals surface area contributed by atoms with E-state index in [0.717, 1.165) is 30.7 Å². The molecule has 1 fully saturated rings. The lowest BCUT2D eigenvalue weighted by Gasteiger charge is -2.19. The number of carbonyl (C=O) groups is 1. The monoisotopic (exact) mass is 249 g/mol. The molecule has 0 atom stereocenters. The maximum Gasteiger partial charge on any atom is 0.309 e. The number of aliphatic carboxylic acids is 1. The number of fused-ring (bicyclic) bond motifs is 1. The maximum atomic E-state index is 11.2. The molecule has 1 heterocycles. The molecule has 0 spiro atoms. The maximum absolute atomic E-state index is 11.2. The van der Waals surface area contributed by atoms with E-state index in [2.05, 4.69) is 23.5 Å². The van der Waals surface area contributed by atoms with Gasteiger partial charge in [-0.1, -0.05) is 6.07 Å². The van der Waals surface area contributed by atoms with Crippen LogP contribution in [0.3, 0.4) is 0 Å². The van der Waals surface area contributed by atoms with E-state index in [1.807, 2.05) is 11.8 Å². The van der Waals surface area contributed by atoms with Gasteiger partial charge in [0.2, 0.25) is 0 Å². The van der Waals surface area contributed by atoms with Gasteiger partial charge in [-0.05, 0) is 37.0 Å². The van der Waals surface area contributed by atoms with Crippen molar-refractivity contribution in [2.24, 2.45) is 5.41 Å². The normalized spacial score (nSPS) is 20.2. The van der Waals surface area contributed by atoms with Crippen molar-refractivity contribution in [1.82, 2.24) is 0 Å². The Labute approximate surface area is 105 Å². The Morgan fingerprint density at radius 3 is 3.00 bits per heavy atom. The highest BCUT2D eigenvalue weighted by atomic mass is 32.2. The molecule has 0 bridgehead atoms. The molecule has 0 amide bonds.